The molecule has 0 aromatic heterocycles. The van der Waals surface area contributed by atoms with Crippen LogP contribution in [0.3, 0.4) is 0 Å². The summed E-state index contributed by atoms with van der Waals surface area (Å²) in [4.78, 5) is 11.2. The van der Waals surface area contributed by atoms with Gasteiger partial charge >= 0.3 is 6.18 Å². The van der Waals surface area contributed by atoms with Crippen LogP contribution in [0.2, 0.25) is 0 Å². The zero-order chi connectivity index (χ0) is 15.2. The number of hydrogen-bond donors (Lipinski definition) is 2. The summed E-state index contributed by atoms with van der Waals surface area (Å²) >= 11 is 0. The fourth-order valence-electron chi connectivity index (χ4n) is 1.75. The van der Waals surface area contributed by atoms with Crippen molar-refractivity contribution >= 4 is 11.6 Å². The molecule has 1 aromatic rings. The third-order valence-corrected chi connectivity index (χ3v) is 2.73. The van der Waals surface area contributed by atoms with Crippen LogP contribution in [0.5, 0.6) is 0 Å². The summed E-state index contributed by atoms with van der Waals surface area (Å²) < 4.78 is 36.3. The first-order chi connectivity index (χ1) is 9.31. The third kappa shape index (κ3) is 6.06. The molecule has 1 atom stereocenters. The molecule has 1 aromatic carbocycles. The van der Waals surface area contributed by atoms with Gasteiger partial charge in [0.25, 0.3) is 0 Å². The van der Waals surface area contributed by atoms with Gasteiger partial charge in [0.15, 0.2) is 0 Å². The Morgan fingerprint density at radius 1 is 1.35 bits per heavy atom. The van der Waals surface area contributed by atoms with Crippen LogP contribution in [0.25, 0.3) is 0 Å². The molecule has 0 aliphatic heterocycles. The summed E-state index contributed by atoms with van der Waals surface area (Å²) in [5.41, 5.74) is 1.30. The lowest BCUT2D eigenvalue weighted by atomic mass is 10.1. The topological polar surface area (TPSA) is 41.1 Å². The molecule has 20 heavy (non-hydrogen) atoms. The molecule has 0 aliphatic rings. The fourth-order valence-corrected chi connectivity index (χ4v) is 1.75. The maximum Gasteiger partial charge on any atom is 0.397 e. The van der Waals surface area contributed by atoms with Gasteiger partial charge in [-0.25, -0.2) is 0 Å². The first kappa shape index (κ1) is 16.5. The number of benzene rings is 1. The minimum Gasteiger partial charge on any atom is -0.326 e. The molecule has 1 unspecified atom stereocenters. The molecule has 2 N–H and O–H groups in total. The van der Waals surface area contributed by atoms with E-state index >= 15 is 0 Å². The van der Waals surface area contributed by atoms with Gasteiger partial charge in [-0.05, 0) is 37.6 Å². The lowest BCUT2D eigenvalue weighted by Crippen LogP contribution is -2.22. The summed E-state index contributed by atoms with van der Waals surface area (Å²) in [5, 5.41) is 5.54. The second-order valence-electron chi connectivity index (χ2n) is 4.64. The number of rotatable bonds is 6. The van der Waals surface area contributed by atoms with Gasteiger partial charge in [0.1, 0.15) is 6.42 Å². The van der Waals surface area contributed by atoms with Gasteiger partial charge in [-0.3, -0.25) is 4.79 Å². The summed E-state index contributed by atoms with van der Waals surface area (Å²) in [6.07, 6.45) is -4.97. The Balaban J connectivity index is 2.66. The van der Waals surface area contributed by atoms with Crippen molar-refractivity contribution < 1.29 is 18.0 Å². The minimum absolute atomic E-state index is 0.0782. The van der Waals surface area contributed by atoms with E-state index in [9.17, 15) is 18.0 Å². The monoisotopic (exact) mass is 288 g/mol. The Kier molecular flexibility index (Phi) is 6.01. The van der Waals surface area contributed by atoms with Crippen molar-refractivity contribution in [1.29, 1.82) is 0 Å². The summed E-state index contributed by atoms with van der Waals surface area (Å²) in [5.74, 6) is -1.05. The molecule has 0 radical (unpaired) electrons. The number of nitrogens with one attached hydrogen (secondary N) is 2. The van der Waals surface area contributed by atoms with Gasteiger partial charge < -0.3 is 10.6 Å². The van der Waals surface area contributed by atoms with Crippen molar-refractivity contribution in [2.45, 2.75) is 38.9 Å². The van der Waals surface area contributed by atoms with E-state index in [1.165, 1.54) is 0 Å². The average Bonchev–Trinajstić information content (AvgIpc) is 2.33. The van der Waals surface area contributed by atoms with Crippen LogP contribution in [0.1, 0.15) is 38.3 Å². The Morgan fingerprint density at radius 3 is 2.65 bits per heavy atom. The molecular weight excluding hydrogens is 269 g/mol. The first-order valence-corrected chi connectivity index (χ1v) is 6.51. The van der Waals surface area contributed by atoms with Crippen molar-refractivity contribution in [1.82, 2.24) is 5.32 Å². The van der Waals surface area contributed by atoms with Gasteiger partial charge in [-0.2, -0.15) is 13.2 Å². The number of carbonyl (C=O) groups excluding carboxylic acids is 1. The fraction of sp³-hybridized carbons (Fsp3) is 0.500. The van der Waals surface area contributed by atoms with Crippen molar-refractivity contribution in [3.05, 3.63) is 29.8 Å². The standard InChI is InChI=1S/C14H19F3N2O/c1-3-7-18-10(2)11-5-4-6-12(8-11)19-13(20)9-14(15,16)17/h4-6,8,10,18H,3,7,9H2,1-2H3,(H,19,20). The highest BCUT2D eigenvalue weighted by Gasteiger charge is 2.31. The molecule has 0 heterocycles. The van der Waals surface area contributed by atoms with Crippen LogP contribution in [0.15, 0.2) is 24.3 Å². The van der Waals surface area contributed by atoms with E-state index < -0.39 is 18.5 Å². The van der Waals surface area contributed by atoms with E-state index in [0.717, 1.165) is 18.5 Å². The van der Waals surface area contributed by atoms with E-state index in [2.05, 4.69) is 10.6 Å². The minimum atomic E-state index is -4.49. The van der Waals surface area contributed by atoms with E-state index in [4.69, 9.17) is 0 Å². The highest BCUT2D eigenvalue weighted by atomic mass is 19.4. The third-order valence-electron chi connectivity index (χ3n) is 2.73. The van der Waals surface area contributed by atoms with Crippen LogP contribution < -0.4 is 10.6 Å². The SMILES string of the molecule is CCCNC(C)c1cccc(NC(=O)CC(F)(F)F)c1. The van der Waals surface area contributed by atoms with Crippen molar-refractivity contribution in [2.75, 3.05) is 11.9 Å². The molecule has 0 aliphatic carbocycles. The van der Waals surface area contributed by atoms with E-state index in [-0.39, 0.29) is 6.04 Å². The van der Waals surface area contributed by atoms with Crippen LogP contribution in [0.4, 0.5) is 18.9 Å². The van der Waals surface area contributed by atoms with Gasteiger partial charge in [-0.15, -0.1) is 0 Å². The van der Waals surface area contributed by atoms with Gasteiger partial charge in [-0.1, -0.05) is 19.1 Å². The zero-order valence-electron chi connectivity index (χ0n) is 11.6. The van der Waals surface area contributed by atoms with Gasteiger partial charge in [0, 0.05) is 11.7 Å². The number of amides is 1. The second-order valence-corrected chi connectivity index (χ2v) is 4.64. The van der Waals surface area contributed by atoms with E-state index in [1.54, 1.807) is 18.2 Å². The molecular formula is C14H19F3N2O. The Bertz CT molecular complexity index is 446. The molecule has 0 saturated heterocycles. The predicted molar refractivity (Wildman–Crippen MR) is 72.5 cm³/mol. The van der Waals surface area contributed by atoms with Crippen LogP contribution in [-0.4, -0.2) is 18.6 Å². The number of anilines is 1. The van der Waals surface area contributed by atoms with Crippen LogP contribution >= 0.6 is 0 Å². The normalized spacial score (nSPS) is 13.1. The smallest absolute Gasteiger partial charge is 0.326 e. The Labute approximate surface area is 116 Å². The number of hydrogen-bond acceptors (Lipinski definition) is 2. The van der Waals surface area contributed by atoms with Crippen LogP contribution in [-0.2, 0) is 4.79 Å². The van der Waals surface area contributed by atoms with Gasteiger partial charge in [0.2, 0.25) is 5.91 Å². The first-order valence-electron chi connectivity index (χ1n) is 6.51. The maximum atomic E-state index is 12.1. The zero-order valence-corrected chi connectivity index (χ0v) is 11.6. The van der Waals surface area contributed by atoms with Crippen molar-refractivity contribution in [3.8, 4) is 0 Å². The number of halogens is 3. The molecule has 3 nitrogen and oxygen atoms in total. The highest BCUT2D eigenvalue weighted by Crippen LogP contribution is 2.21. The van der Waals surface area contributed by atoms with Crippen molar-refractivity contribution in [2.24, 2.45) is 0 Å². The number of carbonyl (C=O) groups is 1. The largest absolute Gasteiger partial charge is 0.397 e. The molecule has 1 amide bonds. The van der Waals surface area contributed by atoms with Crippen LogP contribution in [0, 0.1) is 0 Å². The second kappa shape index (κ2) is 7.28. The Morgan fingerprint density at radius 2 is 2.05 bits per heavy atom. The molecule has 0 bridgehead atoms. The molecule has 0 saturated carbocycles. The summed E-state index contributed by atoms with van der Waals surface area (Å²) in [7, 11) is 0. The molecule has 1 rings (SSSR count). The number of alkyl halides is 3. The Hall–Kier alpha value is -1.56. The average molecular weight is 288 g/mol. The van der Waals surface area contributed by atoms with Crippen molar-refractivity contribution in [3.63, 3.8) is 0 Å². The van der Waals surface area contributed by atoms with E-state index in [0.29, 0.717) is 5.69 Å². The quantitative estimate of drug-likeness (QED) is 0.839. The molecule has 0 spiro atoms. The summed E-state index contributed by atoms with van der Waals surface area (Å²) in [6, 6.07) is 6.91. The predicted octanol–water partition coefficient (Wildman–Crippen LogP) is 3.64. The molecule has 112 valence electrons. The lowest BCUT2D eigenvalue weighted by Gasteiger charge is -2.15. The van der Waals surface area contributed by atoms with Gasteiger partial charge in [0.05, 0.1) is 0 Å². The van der Waals surface area contributed by atoms with E-state index in [1.807, 2.05) is 19.9 Å². The molecule has 0 fully saturated rings. The summed E-state index contributed by atoms with van der Waals surface area (Å²) in [6.45, 7) is 4.87. The molecule has 6 heteroatoms. The highest BCUT2D eigenvalue weighted by molar-refractivity contribution is 5.91. The maximum absolute atomic E-state index is 12.1. The lowest BCUT2D eigenvalue weighted by molar-refractivity contribution is -0.150.